The number of nitrogens with zero attached hydrogens (tertiary/aromatic N) is 1. The Morgan fingerprint density at radius 1 is 1.25 bits per heavy atom. The number of phenolic OH excluding ortho intramolecular Hbond substituents is 2. The first kappa shape index (κ1) is 17.9. The van der Waals surface area contributed by atoms with Crippen molar-refractivity contribution in [1.82, 2.24) is 0 Å². The third-order valence-corrected chi connectivity index (χ3v) is 2.18. The van der Waals surface area contributed by atoms with Gasteiger partial charge in [-0.2, -0.15) is 0 Å². The van der Waals surface area contributed by atoms with E-state index in [1.807, 2.05) is 0 Å². The van der Waals surface area contributed by atoms with Crippen molar-refractivity contribution in [2.45, 2.75) is 0 Å². The standard InChI is InChI=1S/C9H8O4.C5H14NO/c10-7-3-1-6(5-8(7)11)2-4-9(12)13;1-6(2,3)4-5-7/h1-5,10-11H,(H,12,13);7H,4-5H2,1-3H3/q;+1/p-1. The number of carbonyl (C=O) groups is 1. The molecule has 0 atom stereocenters. The summed E-state index contributed by atoms with van der Waals surface area (Å²) in [6.07, 6.45) is 2.10. The van der Waals surface area contributed by atoms with Gasteiger partial charge in [-0.15, -0.1) is 0 Å². The number of phenols is 2. The highest BCUT2D eigenvalue weighted by Gasteiger charge is 2.02. The van der Waals surface area contributed by atoms with Crippen LogP contribution in [0.15, 0.2) is 24.3 Å². The number of likely N-dealkylation sites (N-methyl/N-ethyl adjacent to an activating group) is 1. The third kappa shape index (κ3) is 8.96. The average Bonchev–Trinajstić information content (AvgIpc) is 2.30. The Morgan fingerprint density at radius 3 is 2.20 bits per heavy atom. The first-order valence-corrected chi connectivity index (χ1v) is 5.98. The van der Waals surface area contributed by atoms with E-state index in [2.05, 4.69) is 21.1 Å². The van der Waals surface area contributed by atoms with Crippen molar-refractivity contribution in [2.75, 3.05) is 34.3 Å². The van der Waals surface area contributed by atoms with Crippen molar-refractivity contribution in [2.24, 2.45) is 0 Å². The van der Waals surface area contributed by atoms with Crippen LogP contribution in [0.1, 0.15) is 5.56 Å². The van der Waals surface area contributed by atoms with Gasteiger partial charge in [-0.25, -0.2) is 0 Å². The monoisotopic (exact) mass is 283 g/mol. The molecular weight excluding hydrogens is 262 g/mol. The average molecular weight is 283 g/mol. The van der Waals surface area contributed by atoms with E-state index in [0.717, 1.165) is 17.1 Å². The van der Waals surface area contributed by atoms with Gasteiger partial charge in [0.25, 0.3) is 0 Å². The molecule has 0 fully saturated rings. The Bertz CT molecular complexity index is 463. The summed E-state index contributed by atoms with van der Waals surface area (Å²) in [4.78, 5) is 10.0. The molecule has 0 aliphatic rings. The summed E-state index contributed by atoms with van der Waals surface area (Å²) in [7, 11) is 6.16. The lowest BCUT2D eigenvalue weighted by Crippen LogP contribution is -2.36. The first-order chi connectivity index (χ1) is 9.15. The van der Waals surface area contributed by atoms with Gasteiger partial charge in [-0.1, -0.05) is 12.1 Å². The highest BCUT2D eigenvalue weighted by atomic mass is 16.4. The van der Waals surface area contributed by atoms with Gasteiger partial charge in [0.2, 0.25) is 0 Å². The number of carboxylic acid groups (broad SMARTS) is 1. The maximum absolute atomic E-state index is 10.0. The van der Waals surface area contributed by atoms with Crippen LogP contribution in [0.5, 0.6) is 11.5 Å². The largest absolute Gasteiger partial charge is 0.545 e. The van der Waals surface area contributed by atoms with Gasteiger partial charge < -0.3 is 29.7 Å². The smallest absolute Gasteiger partial charge is 0.157 e. The minimum Gasteiger partial charge on any atom is -0.545 e. The van der Waals surface area contributed by atoms with E-state index in [1.54, 1.807) is 0 Å². The molecule has 0 aliphatic carbocycles. The first-order valence-electron chi connectivity index (χ1n) is 5.98. The molecule has 0 unspecified atom stereocenters. The predicted molar refractivity (Wildman–Crippen MR) is 73.8 cm³/mol. The van der Waals surface area contributed by atoms with Gasteiger partial charge in [0.15, 0.2) is 11.5 Å². The zero-order chi connectivity index (χ0) is 15.8. The van der Waals surface area contributed by atoms with Gasteiger partial charge >= 0.3 is 0 Å². The number of aliphatic hydroxyl groups excluding tert-OH is 1. The lowest BCUT2D eigenvalue weighted by molar-refractivity contribution is -0.870. The van der Waals surface area contributed by atoms with Crippen molar-refractivity contribution < 1.29 is 29.7 Å². The lowest BCUT2D eigenvalue weighted by atomic mass is 10.2. The van der Waals surface area contributed by atoms with Gasteiger partial charge in [-0.05, 0) is 23.8 Å². The summed E-state index contributed by atoms with van der Waals surface area (Å²) >= 11 is 0. The molecule has 6 nitrogen and oxygen atoms in total. The van der Waals surface area contributed by atoms with Crippen LogP contribution in [-0.4, -0.2) is 60.1 Å². The second kappa shape index (κ2) is 8.19. The van der Waals surface area contributed by atoms with Crippen molar-refractivity contribution >= 4 is 12.0 Å². The minimum absolute atomic E-state index is 0.245. The van der Waals surface area contributed by atoms with E-state index in [0.29, 0.717) is 5.56 Å². The quantitative estimate of drug-likeness (QED) is 0.394. The number of aromatic hydroxyl groups is 2. The summed E-state index contributed by atoms with van der Waals surface area (Å²) in [6, 6.07) is 3.98. The third-order valence-electron chi connectivity index (χ3n) is 2.18. The van der Waals surface area contributed by atoms with E-state index in [-0.39, 0.29) is 18.1 Å². The highest BCUT2D eigenvalue weighted by Crippen LogP contribution is 2.25. The second-order valence-electron chi connectivity index (χ2n) is 5.14. The number of carboxylic acids is 1. The van der Waals surface area contributed by atoms with Crippen molar-refractivity contribution in [3.63, 3.8) is 0 Å². The van der Waals surface area contributed by atoms with Gasteiger partial charge in [0.1, 0.15) is 6.54 Å². The number of carbonyl (C=O) groups excluding carboxylic acids is 1. The molecule has 112 valence electrons. The number of benzene rings is 1. The fourth-order valence-electron chi connectivity index (χ4n) is 1.11. The normalized spacial score (nSPS) is 11.0. The van der Waals surface area contributed by atoms with Crippen LogP contribution in [0.25, 0.3) is 6.08 Å². The topological polar surface area (TPSA) is 101 Å². The second-order valence-corrected chi connectivity index (χ2v) is 5.14. The Kier molecular flexibility index (Phi) is 7.35. The van der Waals surface area contributed by atoms with E-state index in [9.17, 15) is 9.90 Å². The zero-order valence-corrected chi connectivity index (χ0v) is 11.9. The molecule has 20 heavy (non-hydrogen) atoms. The maximum Gasteiger partial charge on any atom is 0.157 e. The number of hydrogen-bond donors (Lipinski definition) is 3. The summed E-state index contributed by atoms with van der Waals surface area (Å²) in [5.74, 6) is -1.85. The Labute approximate surface area is 118 Å². The van der Waals surface area contributed by atoms with Crippen LogP contribution in [0.4, 0.5) is 0 Å². The molecule has 0 aromatic heterocycles. The summed E-state index contributed by atoms with van der Waals surface area (Å²) in [6.45, 7) is 1.11. The van der Waals surface area contributed by atoms with E-state index in [4.69, 9.17) is 15.3 Å². The molecule has 0 amide bonds. The Morgan fingerprint density at radius 2 is 1.85 bits per heavy atom. The summed E-state index contributed by atoms with van der Waals surface area (Å²) in [5, 5.41) is 36.3. The van der Waals surface area contributed by atoms with E-state index >= 15 is 0 Å². The molecule has 0 aliphatic heterocycles. The van der Waals surface area contributed by atoms with Crippen molar-refractivity contribution in [1.29, 1.82) is 0 Å². The molecule has 6 heteroatoms. The fraction of sp³-hybridized carbons (Fsp3) is 0.357. The Balaban J connectivity index is 0.000000441. The fourth-order valence-corrected chi connectivity index (χ4v) is 1.11. The van der Waals surface area contributed by atoms with Crippen LogP contribution >= 0.6 is 0 Å². The molecular formula is C14H21NO5. The van der Waals surface area contributed by atoms with Crippen molar-refractivity contribution in [3.05, 3.63) is 29.8 Å². The SMILES string of the molecule is C[N+](C)(C)CCO.O=C([O-])C=Cc1ccc(O)c(O)c1. The number of quaternary nitrogens is 1. The van der Waals surface area contributed by atoms with Gasteiger partial charge in [0.05, 0.1) is 33.7 Å². The maximum atomic E-state index is 10.0. The molecule has 0 bridgehead atoms. The van der Waals surface area contributed by atoms with E-state index in [1.165, 1.54) is 24.3 Å². The highest BCUT2D eigenvalue weighted by molar-refractivity contribution is 5.83. The van der Waals surface area contributed by atoms with Crippen molar-refractivity contribution in [3.8, 4) is 11.5 Å². The molecule has 0 saturated carbocycles. The molecule has 0 spiro atoms. The predicted octanol–water partition coefficient (Wildman–Crippen LogP) is -0.454. The van der Waals surface area contributed by atoms with Crippen LogP contribution in [-0.2, 0) is 4.79 Å². The van der Waals surface area contributed by atoms with Crippen LogP contribution < -0.4 is 5.11 Å². The molecule has 0 radical (unpaired) electrons. The molecule has 0 saturated heterocycles. The Hall–Kier alpha value is -2.05. The van der Waals surface area contributed by atoms with Crippen LogP contribution in [0, 0.1) is 0 Å². The molecule has 0 heterocycles. The van der Waals surface area contributed by atoms with E-state index < -0.39 is 5.97 Å². The van der Waals surface area contributed by atoms with Gasteiger partial charge in [0, 0.05) is 0 Å². The molecule has 1 aromatic carbocycles. The molecule has 3 N–H and O–H groups in total. The lowest BCUT2D eigenvalue weighted by Gasteiger charge is -2.21. The molecule has 1 aromatic rings. The molecule has 1 rings (SSSR count). The van der Waals surface area contributed by atoms with Crippen LogP contribution in [0.2, 0.25) is 0 Å². The summed E-state index contributed by atoms with van der Waals surface area (Å²) < 4.78 is 0.844. The summed E-state index contributed by atoms with van der Waals surface area (Å²) in [5.41, 5.74) is 0.472. The van der Waals surface area contributed by atoms with Gasteiger partial charge in [-0.3, -0.25) is 0 Å². The number of rotatable bonds is 4. The van der Waals surface area contributed by atoms with Crippen LogP contribution in [0.3, 0.4) is 0 Å². The number of aliphatic hydroxyl groups is 1. The zero-order valence-electron chi connectivity index (χ0n) is 11.9. The number of hydrogen-bond acceptors (Lipinski definition) is 5. The minimum atomic E-state index is -1.31. The number of aliphatic carboxylic acids is 1.